The average Bonchev–Trinajstić information content (AvgIpc) is 3.47. The lowest BCUT2D eigenvalue weighted by molar-refractivity contribution is -0.305. The van der Waals surface area contributed by atoms with E-state index in [9.17, 15) is 35.1 Å². The van der Waals surface area contributed by atoms with Crippen molar-refractivity contribution in [3.8, 4) is 0 Å². The summed E-state index contributed by atoms with van der Waals surface area (Å²) in [6.45, 7) is 5.46. The molecule has 0 bridgehead atoms. The van der Waals surface area contributed by atoms with Gasteiger partial charge < -0.3 is 45.1 Å². The molecule has 1 heterocycles. The number of ether oxygens (including phenoxy) is 3. The molecule has 1 rings (SSSR count). The summed E-state index contributed by atoms with van der Waals surface area (Å²) in [5.74, 6) is -1.27. The summed E-state index contributed by atoms with van der Waals surface area (Å²) in [5, 5.41) is 56.8. The fraction of sp³-hybridized carbons (Fsp3) is 0.618. The lowest BCUT2D eigenvalue weighted by atomic mass is 9.99. The minimum absolute atomic E-state index is 0.0909. The topological polar surface area (TPSA) is 175 Å². The maximum Gasteiger partial charge on any atom is 0.306 e. The van der Waals surface area contributed by atoms with Crippen LogP contribution in [0.15, 0.2) is 146 Å². The molecule has 1 amide bonds. The zero-order valence-corrected chi connectivity index (χ0v) is 49.2. The summed E-state index contributed by atoms with van der Waals surface area (Å²) < 4.78 is 17.6. The quantitative estimate of drug-likeness (QED) is 0.0149. The van der Waals surface area contributed by atoms with E-state index < -0.39 is 67.4 Å². The van der Waals surface area contributed by atoms with Gasteiger partial charge in [-0.1, -0.05) is 250 Å². The molecule has 0 saturated carbocycles. The number of hydrogen-bond donors (Lipinski definition) is 6. The molecule has 0 aromatic rings. The first-order valence-corrected chi connectivity index (χ1v) is 30.7. The van der Waals surface area contributed by atoms with E-state index in [-0.39, 0.29) is 19.4 Å². The molecule has 8 atom stereocenters. The molecule has 1 aliphatic rings. The maximum absolute atomic E-state index is 13.4. The Bertz CT molecular complexity index is 1840. The SMILES string of the molecule is CC/C=C\C/C=C\C/C=C\C/C=C\C/C=C\C/C=C\CCCCCCCCC(=O)OC1C(OCC(NC(=O)C(O)CCCC/C=C/C=C\C=C/C=C/C=C/CC)C(O)/C=C/CCCCCCCCCCC)OC(CO)C(O)C1O. The number of aliphatic hydroxyl groups is 5. The van der Waals surface area contributed by atoms with Gasteiger partial charge in [0.25, 0.3) is 0 Å². The van der Waals surface area contributed by atoms with Crippen molar-refractivity contribution in [1.29, 1.82) is 0 Å². The first-order chi connectivity index (χ1) is 38.7. The fourth-order valence-electron chi connectivity index (χ4n) is 8.56. The van der Waals surface area contributed by atoms with Gasteiger partial charge in [-0.2, -0.15) is 0 Å². The molecule has 446 valence electrons. The van der Waals surface area contributed by atoms with Gasteiger partial charge in [0.1, 0.15) is 24.4 Å². The second kappa shape index (κ2) is 54.1. The first kappa shape index (κ1) is 72.6. The fourth-order valence-corrected chi connectivity index (χ4v) is 8.56. The van der Waals surface area contributed by atoms with Crippen LogP contribution in [0.2, 0.25) is 0 Å². The van der Waals surface area contributed by atoms with Gasteiger partial charge in [0.05, 0.1) is 25.4 Å². The molecule has 79 heavy (non-hydrogen) atoms. The van der Waals surface area contributed by atoms with E-state index in [0.29, 0.717) is 12.8 Å². The van der Waals surface area contributed by atoms with E-state index in [2.05, 4.69) is 105 Å². The minimum Gasteiger partial charge on any atom is -0.454 e. The third-order valence-corrected chi connectivity index (χ3v) is 13.4. The second-order valence-electron chi connectivity index (χ2n) is 20.4. The van der Waals surface area contributed by atoms with Crippen LogP contribution in [0.3, 0.4) is 0 Å². The van der Waals surface area contributed by atoms with Crippen molar-refractivity contribution in [3.63, 3.8) is 0 Å². The summed E-state index contributed by atoms with van der Waals surface area (Å²) in [6.07, 6.45) is 67.5. The number of aliphatic hydroxyl groups excluding tert-OH is 5. The Morgan fingerprint density at radius 2 is 0.975 bits per heavy atom. The van der Waals surface area contributed by atoms with Gasteiger partial charge in [-0.3, -0.25) is 9.59 Å². The van der Waals surface area contributed by atoms with Crippen LogP contribution in [0.4, 0.5) is 0 Å². The maximum atomic E-state index is 13.4. The van der Waals surface area contributed by atoms with Crippen LogP contribution in [0.5, 0.6) is 0 Å². The molecule has 0 spiro atoms. The van der Waals surface area contributed by atoms with Crippen molar-refractivity contribution in [2.45, 2.75) is 256 Å². The Balaban J connectivity index is 2.67. The molecule has 1 fully saturated rings. The molecule has 11 heteroatoms. The molecule has 1 aliphatic heterocycles. The minimum atomic E-state index is -1.64. The standard InChI is InChI=1S/C68H109NO10/c1-4-7-10-13-16-19-22-24-26-27-28-29-30-31-32-33-34-35-36-38-41-44-47-50-53-56-63(73)79-66-65(75)64(74)62(57-70)78-68(66)77-58-59(60(71)54-51-48-45-42-39-21-18-15-12-9-6-3)69-67(76)61(72)55-52-49-46-43-40-37-25-23-20-17-14-11-8-5-2/h7-8,10-11,14,16-17,19-20,23-26,28-29,31-32,34-35,37,40,43,51,54,59-62,64-66,68,70-72,74-75H,4-6,9,12-13,15,18,21-22,27,30,33,36,38-39,41-42,44-50,52-53,55-58H2,1-3H3,(H,69,76)/b10-7-,11-8+,17-14+,19-16-,23-20-,26-24-,29-28-,32-31-,35-34-,37-25-,43-40+,54-51+. The number of allylic oxidation sites excluding steroid dienone is 23. The van der Waals surface area contributed by atoms with Gasteiger partial charge in [-0.15, -0.1) is 0 Å². The van der Waals surface area contributed by atoms with Crippen LogP contribution in [-0.4, -0.2) is 99.6 Å². The van der Waals surface area contributed by atoms with E-state index in [4.69, 9.17) is 14.2 Å². The van der Waals surface area contributed by atoms with E-state index >= 15 is 0 Å². The Morgan fingerprint density at radius 3 is 1.52 bits per heavy atom. The highest BCUT2D eigenvalue weighted by Gasteiger charge is 2.47. The van der Waals surface area contributed by atoms with Crippen LogP contribution in [0.25, 0.3) is 0 Å². The zero-order chi connectivity index (χ0) is 57.5. The number of rotatable bonds is 49. The third-order valence-electron chi connectivity index (χ3n) is 13.4. The number of esters is 1. The van der Waals surface area contributed by atoms with Gasteiger partial charge in [-0.05, 0) is 96.3 Å². The van der Waals surface area contributed by atoms with Crippen molar-refractivity contribution in [2.24, 2.45) is 0 Å². The molecule has 0 radical (unpaired) electrons. The van der Waals surface area contributed by atoms with Crippen LogP contribution < -0.4 is 5.32 Å². The van der Waals surface area contributed by atoms with Gasteiger partial charge in [0, 0.05) is 6.42 Å². The van der Waals surface area contributed by atoms with Crippen molar-refractivity contribution >= 4 is 11.9 Å². The molecule has 0 aromatic heterocycles. The molecular weight excluding hydrogens is 991 g/mol. The van der Waals surface area contributed by atoms with Gasteiger partial charge in [-0.25, -0.2) is 0 Å². The Kier molecular flexibility index (Phi) is 49.7. The molecule has 8 unspecified atom stereocenters. The van der Waals surface area contributed by atoms with Crippen LogP contribution >= 0.6 is 0 Å². The summed E-state index contributed by atoms with van der Waals surface area (Å²) in [5.41, 5.74) is 0. The Morgan fingerprint density at radius 1 is 0.519 bits per heavy atom. The van der Waals surface area contributed by atoms with Crippen molar-refractivity contribution in [1.82, 2.24) is 5.32 Å². The largest absolute Gasteiger partial charge is 0.454 e. The highest BCUT2D eigenvalue weighted by Crippen LogP contribution is 2.26. The van der Waals surface area contributed by atoms with E-state index in [1.807, 2.05) is 60.8 Å². The van der Waals surface area contributed by atoms with Gasteiger partial charge in [0.15, 0.2) is 12.4 Å². The normalized spacial score (nSPS) is 19.9. The van der Waals surface area contributed by atoms with Crippen LogP contribution in [0.1, 0.15) is 207 Å². The Hall–Kier alpha value is -4.46. The van der Waals surface area contributed by atoms with Gasteiger partial charge in [0.2, 0.25) is 5.91 Å². The van der Waals surface area contributed by atoms with E-state index in [1.54, 1.807) is 6.08 Å². The van der Waals surface area contributed by atoms with Gasteiger partial charge >= 0.3 is 5.97 Å². The lowest BCUT2D eigenvalue weighted by Crippen LogP contribution is -2.61. The predicted octanol–water partition coefficient (Wildman–Crippen LogP) is 14.6. The number of amides is 1. The predicted molar refractivity (Wildman–Crippen MR) is 328 cm³/mol. The summed E-state index contributed by atoms with van der Waals surface area (Å²) in [4.78, 5) is 26.5. The van der Waals surface area contributed by atoms with E-state index in [1.165, 1.54) is 38.5 Å². The van der Waals surface area contributed by atoms with Crippen LogP contribution in [0, 0.1) is 0 Å². The zero-order valence-electron chi connectivity index (χ0n) is 49.2. The van der Waals surface area contributed by atoms with Crippen LogP contribution in [-0.2, 0) is 23.8 Å². The molecule has 0 aromatic carbocycles. The number of carbonyl (C=O) groups excluding carboxylic acids is 2. The molecule has 11 nitrogen and oxygen atoms in total. The average molecular weight is 1100 g/mol. The lowest BCUT2D eigenvalue weighted by Gasteiger charge is -2.41. The summed E-state index contributed by atoms with van der Waals surface area (Å²) >= 11 is 0. The van der Waals surface area contributed by atoms with Crippen molar-refractivity contribution in [3.05, 3.63) is 146 Å². The van der Waals surface area contributed by atoms with Crippen molar-refractivity contribution in [2.75, 3.05) is 13.2 Å². The summed E-state index contributed by atoms with van der Waals surface area (Å²) in [6, 6.07) is -1.06. The smallest absolute Gasteiger partial charge is 0.306 e. The number of unbranched alkanes of at least 4 members (excludes halogenated alkanes) is 17. The highest BCUT2D eigenvalue weighted by atomic mass is 16.7. The molecule has 0 aliphatic carbocycles. The van der Waals surface area contributed by atoms with E-state index in [0.717, 1.165) is 122 Å². The van der Waals surface area contributed by atoms with Crippen molar-refractivity contribution < 1.29 is 49.3 Å². The number of carbonyl (C=O) groups is 2. The monoisotopic (exact) mass is 1100 g/mol. The summed E-state index contributed by atoms with van der Waals surface area (Å²) in [7, 11) is 0. The first-order valence-electron chi connectivity index (χ1n) is 30.7. The molecule has 6 N–H and O–H groups in total. The number of nitrogens with one attached hydrogen (secondary N) is 1. The highest BCUT2D eigenvalue weighted by molar-refractivity contribution is 5.80. The number of hydrogen-bond acceptors (Lipinski definition) is 10. The Labute approximate surface area is 479 Å². The molecule has 1 saturated heterocycles. The second-order valence-corrected chi connectivity index (χ2v) is 20.4. The third kappa shape index (κ3) is 42.1. The molecular formula is C68H109NO10.